The van der Waals surface area contributed by atoms with Gasteiger partial charge in [0.25, 0.3) is 5.09 Å². The molecule has 0 fully saturated rings. The van der Waals surface area contributed by atoms with Crippen LogP contribution in [0.2, 0.25) is 0 Å². The van der Waals surface area contributed by atoms with Crippen LogP contribution in [0.1, 0.15) is 0 Å². The molecule has 2 heterocycles. The van der Waals surface area contributed by atoms with Crippen molar-refractivity contribution in [3.63, 3.8) is 0 Å². The molecule has 11 aromatic rings. The number of benzene rings is 9. The van der Waals surface area contributed by atoms with Gasteiger partial charge in [-0.15, -0.1) is 10.1 Å². The molecule has 1 N–H and O–H groups in total. The van der Waals surface area contributed by atoms with E-state index in [4.69, 9.17) is 15.3 Å². The molecule has 6 nitrogen and oxygen atoms in total. The minimum absolute atomic E-state index is 0. The minimum atomic E-state index is -1.50. The van der Waals surface area contributed by atoms with Gasteiger partial charge >= 0.3 is 0 Å². The molecule has 0 unspecified atom stereocenters. The molecular weight excluding hydrogens is 936 g/mol. The maximum Gasteiger partial charge on any atom is 0.291 e. The van der Waals surface area contributed by atoms with Crippen LogP contribution in [0.5, 0.6) is 0 Å². The number of rotatable bonds is 8. The molecule has 0 aliphatic rings. The minimum Gasteiger partial charge on any atom is -0.328 e. The molecule has 0 spiro atoms. The first-order valence-corrected chi connectivity index (χ1v) is 24.7. The zero-order valence-electron chi connectivity index (χ0n) is 37.4. The van der Waals surface area contributed by atoms with Gasteiger partial charge in [-0.2, -0.15) is 0 Å². The molecular formula is C60H47CuN3O3P2. The molecule has 0 bridgehead atoms. The fraction of sp³-hybridized carbons (Fsp3) is 0. The topological polar surface area (TPSA) is 89.2 Å². The van der Waals surface area contributed by atoms with Crippen LogP contribution in [0.25, 0.3) is 44.1 Å². The Labute approximate surface area is 416 Å². The van der Waals surface area contributed by atoms with E-state index >= 15 is 0 Å². The van der Waals surface area contributed by atoms with E-state index < -0.39 is 20.9 Å². The van der Waals surface area contributed by atoms with Crippen LogP contribution in [0, 0.1) is 10.1 Å². The Morgan fingerprint density at radius 1 is 0.333 bits per heavy atom. The van der Waals surface area contributed by atoms with Crippen molar-refractivity contribution < 1.29 is 27.4 Å². The van der Waals surface area contributed by atoms with Gasteiger partial charge in [-0.25, -0.2) is 0 Å². The van der Waals surface area contributed by atoms with Crippen molar-refractivity contribution in [2.24, 2.45) is 0 Å². The van der Waals surface area contributed by atoms with Gasteiger partial charge in [0, 0.05) is 40.2 Å². The fourth-order valence-electron chi connectivity index (χ4n) is 7.92. The predicted octanol–water partition coefficient (Wildman–Crippen LogP) is 12.7. The van der Waals surface area contributed by atoms with Crippen molar-refractivity contribution >= 4 is 69.5 Å². The standard InChI is InChI=1S/C24H16N2.2C18H15P.Cu.HNO3/c1-3-7-17(8-4-1)19-13-15-25-23-21(19)11-12-22-20(14-16-26-24(22)23)18-9-5-2-6-10-18;2*1-4-10-16(11-5-1)19(17-12-6-2-7-13-17)18-14-8-3-9-15-18;;2-1(3)4/h1-16H;2*1-15H;;(H,2,3,4). The Kier molecular flexibility index (Phi) is 18.2. The summed E-state index contributed by atoms with van der Waals surface area (Å²) in [5, 5.41) is 24.3. The van der Waals surface area contributed by atoms with E-state index in [1.807, 2.05) is 24.5 Å². The first-order valence-electron chi connectivity index (χ1n) is 22.1. The van der Waals surface area contributed by atoms with E-state index in [1.54, 1.807) is 0 Å². The van der Waals surface area contributed by atoms with Gasteiger partial charge in [0.15, 0.2) is 0 Å². The van der Waals surface area contributed by atoms with Crippen molar-refractivity contribution in [2.75, 3.05) is 0 Å². The monoisotopic (exact) mass is 982 g/mol. The molecule has 69 heavy (non-hydrogen) atoms. The molecule has 0 aliphatic carbocycles. The van der Waals surface area contributed by atoms with Crippen molar-refractivity contribution in [1.29, 1.82) is 0 Å². The summed E-state index contributed by atoms with van der Waals surface area (Å²) in [6, 6.07) is 94.0. The summed E-state index contributed by atoms with van der Waals surface area (Å²) >= 11 is 0. The van der Waals surface area contributed by atoms with Crippen molar-refractivity contribution in [2.45, 2.75) is 0 Å². The summed E-state index contributed by atoms with van der Waals surface area (Å²) in [7, 11) is -0.892. The van der Waals surface area contributed by atoms with Gasteiger partial charge in [0.05, 0.1) is 11.0 Å². The van der Waals surface area contributed by atoms with Crippen LogP contribution in [0.4, 0.5) is 0 Å². The van der Waals surface area contributed by atoms with Crippen LogP contribution >= 0.6 is 15.8 Å². The van der Waals surface area contributed by atoms with Crippen LogP contribution < -0.4 is 31.8 Å². The van der Waals surface area contributed by atoms with E-state index in [0.29, 0.717) is 0 Å². The third-order valence-electron chi connectivity index (χ3n) is 10.9. The van der Waals surface area contributed by atoms with Crippen LogP contribution in [-0.2, 0) is 17.1 Å². The van der Waals surface area contributed by atoms with Gasteiger partial charge < -0.3 is 5.21 Å². The molecule has 0 atom stereocenters. The van der Waals surface area contributed by atoms with E-state index in [0.717, 1.165) is 21.8 Å². The van der Waals surface area contributed by atoms with Crippen LogP contribution in [0.3, 0.4) is 0 Å². The largest absolute Gasteiger partial charge is 0.328 e. The van der Waals surface area contributed by atoms with Crippen molar-refractivity contribution in [3.8, 4) is 22.3 Å². The van der Waals surface area contributed by atoms with Crippen LogP contribution in [0.15, 0.2) is 279 Å². The van der Waals surface area contributed by atoms with Gasteiger partial charge in [0.1, 0.15) is 0 Å². The first kappa shape index (κ1) is 49.3. The van der Waals surface area contributed by atoms with E-state index in [-0.39, 0.29) is 17.1 Å². The number of pyridine rings is 2. The SMILES string of the molecule is O=[N+]([O-])O.[Cu].c1ccc(-c2ccnc3c2ccc2c(-c4ccccc4)ccnc23)cc1.c1ccc(P(c2ccccc2)c2ccccc2)cc1.c1ccc(P(c2ccccc2)c2ccccc2)cc1. The van der Waals surface area contributed by atoms with Gasteiger partial charge in [-0.3, -0.25) is 9.97 Å². The average molecular weight is 984 g/mol. The molecule has 9 aromatic carbocycles. The number of aromatic nitrogens is 2. The maximum absolute atomic E-state index is 8.36. The second-order valence-corrected chi connectivity index (χ2v) is 19.7. The quantitative estimate of drug-likeness (QED) is 0.0539. The average Bonchev–Trinajstić information content (AvgIpc) is 3.41. The summed E-state index contributed by atoms with van der Waals surface area (Å²) in [5.74, 6) is 0. The summed E-state index contributed by atoms with van der Waals surface area (Å²) in [5.41, 5.74) is 6.65. The van der Waals surface area contributed by atoms with Crippen molar-refractivity contribution in [3.05, 3.63) is 289 Å². The molecule has 0 aliphatic heterocycles. The second-order valence-electron chi connectivity index (χ2n) is 15.2. The molecule has 0 saturated heterocycles. The first-order chi connectivity index (χ1) is 33.5. The Hall–Kier alpha value is -7.62. The molecule has 0 saturated carbocycles. The molecule has 2 aromatic heterocycles. The fourth-order valence-corrected chi connectivity index (χ4v) is 12.5. The summed E-state index contributed by atoms with van der Waals surface area (Å²) in [6.45, 7) is 0. The second kappa shape index (κ2) is 25.5. The predicted molar refractivity (Wildman–Crippen MR) is 287 cm³/mol. The number of fused-ring (bicyclic) bond motifs is 3. The molecule has 9 heteroatoms. The van der Waals surface area contributed by atoms with E-state index in [1.165, 1.54) is 54.1 Å². The van der Waals surface area contributed by atoms with E-state index in [2.05, 4.69) is 265 Å². The smallest absolute Gasteiger partial charge is 0.291 e. The zero-order valence-corrected chi connectivity index (χ0v) is 40.1. The molecule has 0 amide bonds. The van der Waals surface area contributed by atoms with Gasteiger partial charge in [-0.1, -0.05) is 255 Å². The molecule has 341 valence electrons. The number of hydrogen-bond donors (Lipinski definition) is 1. The summed E-state index contributed by atoms with van der Waals surface area (Å²) < 4.78 is 0. The Morgan fingerprint density at radius 2 is 0.536 bits per heavy atom. The normalized spacial score (nSPS) is 10.3. The summed E-state index contributed by atoms with van der Waals surface area (Å²) in [4.78, 5) is 17.7. The molecule has 1 radical (unpaired) electrons. The number of nitrogens with zero attached hydrogens (tertiary/aromatic N) is 3. The van der Waals surface area contributed by atoms with Crippen LogP contribution in [-0.4, -0.2) is 20.3 Å². The molecule has 11 rings (SSSR count). The van der Waals surface area contributed by atoms with E-state index in [9.17, 15) is 0 Å². The Bertz CT molecular complexity index is 2850. The Balaban J connectivity index is 0.000000148. The maximum atomic E-state index is 8.36. The van der Waals surface area contributed by atoms with Crippen molar-refractivity contribution in [1.82, 2.24) is 9.97 Å². The third kappa shape index (κ3) is 13.1. The third-order valence-corrected chi connectivity index (χ3v) is 15.8. The Morgan fingerprint density at radius 3 is 0.754 bits per heavy atom. The number of hydrogen-bond acceptors (Lipinski definition) is 4. The van der Waals surface area contributed by atoms with Gasteiger partial charge in [-0.05, 0) is 82.1 Å². The van der Waals surface area contributed by atoms with Gasteiger partial charge in [0.2, 0.25) is 0 Å². The summed E-state index contributed by atoms with van der Waals surface area (Å²) in [6.07, 6.45) is 3.75. The zero-order chi connectivity index (χ0) is 46.8.